The smallest absolute Gasteiger partial charge is 0.451 e. The molecule has 5 rings (SSSR count). The molecule has 2 aromatic heterocycles. The number of amides is 1. The summed E-state index contributed by atoms with van der Waals surface area (Å²) in [6, 6.07) is 5.31. The van der Waals surface area contributed by atoms with E-state index in [1.165, 1.54) is 11.3 Å². The van der Waals surface area contributed by atoms with E-state index in [-0.39, 0.29) is 12.0 Å². The van der Waals surface area contributed by atoms with Crippen LogP contribution >= 0.6 is 11.3 Å². The van der Waals surface area contributed by atoms with Gasteiger partial charge in [0.25, 0.3) is 5.91 Å². The van der Waals surface area contributed by atoms with Crippen LogP contribution in [0.25, 0.3) is 10.6 Å². The van der Waals surface area contributed by atoms with Gasteiger partial charge in [-0.25, -0.2) is 15.0 Å². The first-order valence-electron chi connectivity index (χ1n) is 11.7. The lowest BCUT2D eigenvalue weighted by Gasteiger charge is -2.29. The van der Waals surface area contributed by atoms with E-state index in [2.05, 4.69) is 32.2 Å². The predicted octanol–water partition coefficient (Wildman–Crippen LogP) is 4.89. The van der Waals surface area contributed by atoms with Crippen molar-refractivity contribution in [1.82, 2.24) is 25.2 Å². The molecule has 1 saturated carbocycles. The molecular formula is C25H26F3N5O2S. The lowest BCUT2D eigenvalue weighted by molar-refractivity contribution is -0.145. The quantitative estimate of drug-likeness (QED) is 0.502. The van der Waals surface area contributed by atoms with Gasteiger partial charge in [0, 0.05) is 65.1 Å². The molecule has 1 aromatic carbocycles. The summed E-state index contributed by atoms with van der Waals surface area (Å²) in [7, 11) is 2.14. The number of nitrogens with zero attached hydrogens (tertiary/aromatic N) is 4. The van der Waals surface area contributed by atoms with Gasteiger partial charge in [-0.05, 0) is 45.5 Å². The van der Waals surface area contributed by atoms with Crippen LogP contribution in [0.3, 0.4) is 0 Å². The fourth-order valence-corrected chi connectivity index (χ4v) is 5.68. The molecule has 4 atom stereocenters. The molecule has 3 heterocycles. The highest BCUT2D eigenvalue weighted by Gasteiger charge is 2.44. The van der Waals surface area contributed by atoms with Crippen LogP contribution in [0.15, 0.2) is 36.8 Å². The molecule has 1 amide bonds. The number of aromatic nitrogens is 3. The number of hydrogen-bond acceptors (Lipinski definition) is 7. The van der Waals surface area contributed by atoms with Gasteiger partial charge >= 0.3 is 6.18 Å². The predicted molar refractivity (Wildman–Crippen MR) is 129 cm³/mol. The maximum atomic E-state index is 13.2. The number of nitrogens with one attached hydrogen (secondary N) is 1. The number of carbonyl (C=O) groups excluding carboxylic acids is 1. The number of aryl methyl sites for hydroxylation is 1. The summed E-state index contributed by atoms with van der Waals surface area (Å²) < 4.78 is 44.7. The maximum Gasteiger partial charge on any atom is 0.451 e. The highest BCUT2D eigenvalue weighted by molar-refractivity contribution is 7.14. The van der Waals surface area contributed by atoms with Gasteiger partial charge in [-0.1, -0.05) is 0 Å². The van der Waals surface area contributed by atoms with E-state index in [1.807, 2.05) is 13.0 Å². The molecule has 2 bridgehead atoms. The SMILES string of the molecule is Cc1cnc(-c2cc(OC3CC4CC3CN4C)cc(C(=O)NC(C)c3cnc(C(F)(F)F)nc3)c2)s1. The molecule has 11 heteroatoms. The van der Waals surface area contributed by atoms with Gasteiger partial charge in [-0.15, -0.1) is 11.3 Å². The number of hydrogen-bond donors (Lipinski definition) is 1. The Morgan fingerprint density at radius 3 is 2.50 bits per heavy atom. The van der Waals surface area contributed by atoms with E-state index < -0.39 is 18.0 Å². The molecule has 4 unspecified atom stereocenters. The van der Waals surface area contributed by atoms with E-state index in [1.54, 1.807) is 25.3 Å². The van der Waals surface area contributed by atoms with E-state index in [0.29, 0.717) is 28.8 Å². The third-order valence-corrected chi connectivity index (χ3v) is 7.81. The Kier molecular flexibility index (Phi) is 6.46. The van der Waals surface area contributed by atoms with Crippen LogP contribution in [0.5, 0.6) is 5.75 Å². The van der Waals surface area contributed by atoms with Gasteiger partial charge in [-0.3, -0.25) is 4.79 Å². The first kappa shape index (κ1) is 24.6. The number of ether oxygens (including phenoxy) is 1. The molecule has 1 aliphatic carbocycles. The van der Waals surface area contributed by atoms with Crippen molar-refractivity contribution in [1.29, 1.82) is 0 Å². The first-order chi connectivity index (χ1) is 17.1. The van der Waals surface area contributed by atoms with Crippen LogP contribution in [0.1, 0.15) is 52.4 Å². The standard InChI is InChI=1S/C25H26F3N5O2S/c1-13-9-29-23(36-13)16-4-15(6-20(7-16)35-21-8-19-5-17(21)12-33(19)3)22(34)32-14(2)18-10-30-24(31-11-18)25(26,27)28/h4,6-7,9-11,14,17,19,21H,5,8,12H2,1-3H3,(H,32,34). The third kappa shape index (κ3) is 5.08. The van der Waals surface area contributed by atoms with Crippen molar-refractivity contribution in [2.45, 2.75) is 51.1 Å². The minimum absolute atomic E-state index is 0.0959. The number of fused-ring (bicyclic) bond motifs is 2. The van der Waals surface area contributed by atoms with Crippen LogP contribution in [0.2, 0.25) is 0 Å². The third-order valence-electron chi connectivity index (χ3n) is 6.85. The van der Waals surface area contributed by atoms with Crippen LogP contribution in [-0.2, 0) is 6.18 Å². The Hall–Kier alpha value is -3.05. The summed E-state index contributed by atoms with van der Waals surface area (Å²) in [5.41, 5.74) is 1.53. The van der Waals surface area contributed by atoms with Crippen molar-refractivity contribution in [2.24, 2.45) is 5.92 Å². The number of alkyl halides is 3. The van der Waals surface area contributed by atoms with Crippen molar-refractivity contribution in [3.63, 3.8) is 0 Å². The summed E-state index contributed by atoms with van der Waals surface area (Å²) in [6.45, 7) is 4.64. The molecule has 190 valence electrons. The number of likely N-dealkylation sites (tertiary alicyclic amines) is 1. The molecule has 1 saturated heterocycles. The Morgan fingerprint density at radius 2 is 1.92 bits per heavy atom. The lowest BCUT2D eigenvalue weighted by Crippen LogP contribution is -2.37. The number of rotatable bonds is 6. The molecule has 7 nitrogen and oxygen atoms in total. The van der Waals surface area contributed by atoms with E-state index in [4.69, 9.17) is 4.74 Å². The Morgan fingerprint density at radius 1 is 1.17 bits per heavy atom. The van der Waals surface area contributed by atoms with Crippen LogP contribution in [0, 0.1) is 12.8 Å². The number of thiazole rings is 1. The van der Waals surface area contributed by atoms with Crippen molar-refractivity contribution in [2.75, 3.05) is 13.6 Å². The zero-order valence-electron chi connectivity index (χ0n) is 20.0. The zero-order chi connectivity index (χ0) is 25.6. The Balaban J connectivity index is 1.37. The van der Waals surface area contributed by atoms with Gasteiger partial charge in [0.15, 0.2) is 0 Å². The Bertz CT molecular complexity index is 1260. The maximum absolute atomic E-state index is 13.2. The van der Waals surface area contributed by atoms with Gasteiger partial charge in [0.05, 0.1) is 6.04 Å². The second-order valence-corrected chi connectivity index (χ2v) is 10.8. The van der Waals surface area contributed by atoms with Gasteiger partial charge in [0.1, 0.15) is 16.9 Å². The fourth-order valence-electron chi connectivity index (χ4n) is 4.93. The Labute approximate surface area is 210 Å². The van der Waals surface area contributed by atoms with E-state index in [0.717, 1.165) is 47.2 Å². The van der Waals surface area contributed by atoms with Gasteiger partial charge in [-0.2, -0.15) is 13.2 Å². The fraction of sp³-hybridized carbons (Fsp3) is 0.440. The van der Waals surface area contributed by atoms with E-state index in [9.17, 15) is 18.0 Å². The second kappa shape index (κ2) is 9.44. The summed E-state index contributed by atoms with van der Waals surface area (Å²) >= 11 is 1.53. The molecule has 2 fully saturated rings. The minimum atomic E-state index is -4.62. The molecule has 2 aliphatic rings. The van der Waals surface area contributed by atoms with Crippen LogP contribution < -0.4 is 10.1 Å². The zero-order valence-corrected chi connectivity index (χ0v) is 20.9. The number of carbonyl (C=O) groups is 1. The van der Waals surface area contributed by atoms with Crippen molar-refractivity contribution in [3.05, 3.63) is 58.6 Å². The van der Waals surface area contributed by atoms with Gasteiger partial charge in [0.2, 0.25) is 5.82 Å². The highest BCUT2D eigenvalue weighted by Crippen LogP contribution is 2.40. The molecule has 1 aliphatic heterocycles. The molecule has 1 N–H and O–H groups in total. The average Bonchev–Trinajstić information content (AvgIpc) is 3.54. The molecule has 36 heavy (non-hydrogen) atoms. The second-order valence-electron chi connectivity index (χ2n) is 9.54. The molecule has 0 radical (unpaired) electrons. The van der Waals surface area contributed by atoms with E-state index >= 15 is 0 Å². The van der Waals surface area contributed by atoms with Crippen molar-refractivity contribution >= 4 is 17.2 Å². The minimum Gasteiger partial charge on any atom is -0.490 e. The monoisotopic (exact) mass is 517 g/mol. The van der Waals surface area contributed by atoms with Crippen LogP contribution in [-0.4, -0.2) is 51.5 Å². The normalized spacial score (nSPS) is 22.6. The average molecular weight is 518 g/mol. The lowest BCUT2D eigenvalue weighted by atomic mass is 10.1. The number of piperidine rings is 1. The molecule has 0 spiro atoms. The molecular weight excluding hydrogens is 491 g/mol. The number of benzene rings is 1. The molecule has 3 aromatic rings. The first-order valence-corrected chi connectivity index (χ1v) is 12.5. The summed E-state index contributed by atoms with van der Waals surface area (Å²) in [5, 5.41) is 3.61. The summed E-state index contributed by atoms with van der Waals surface area (Å²) in [5.74, 6) is -0.529. The topological polar surface area (TPSA) is 80.2 Å². The summed E-state index contributed by atoms with van der Waals surface area (Å²) in [4.78, 5) is 27.8. The summed E-state index contributed by atoms with van der Waals surface area (Å²) in [6.07, 6.45) is 1.49. The number of halogens is 3. The van der Waals surface area contributed by atoms with Crippen LogP contribution in [0.4, 0.5) is 13.2 Å². The van der Waals surface area contributed by atoms with Gasteiger partial charge < -0.3 is 15.0 Å². The van der Waals surface area contributed by atoms with Crippen molar-refractivity contribution < 1.29 is 22.7 Å². The largest absolute Gasteiger partial charge is 0.490 e. The highest BCUT2D eigenvalue weighted by atomic mass is 32.1. The van der Waals surface area contributed by atoms with Crippen molar-refractivity contribution in [3.8, 4) is 16.3 Å².